The fourth-order valence-electron chi connectivity index (χ4n) is 13.6. The van der Waals surface area contributed by atoms with Crippen LogP contribution in [0.25, 0.3) is 0 Å². The van der Waals surface area contributed by atoms with Gasteiger partial charge in [-0.15, -0.1) is 0 Å². The molecule has 24 nitrogen and oxygen atoms in total. The summed E-state index contributed by atoms with van der Waals surface area (Å²) in [7, 11) is 2.62. The van der Waals surface area contributed by atoms with Gasteiger partial charge in [-0.05, 0) is 26.0 Å². The number of Topliss-reactive ketones (excluding diaryl/α,β-unsaturated/α-hetero) is 2. The van der Waals surface area contributed by atoms with Crippen LogP contribution < -0.4 is 9.47 Å². The van der Waals surface area contributed by atoms with Gasteiger partial charge in [-0.2, -0.15) is 0 Å². The van der Waals surface area contributed by atoms with Gasteiger partial charge in [0.15, 0.2) is 35.7 Å². The zero-order valence-electron chi connectivity index (χ0n) is 44.2. The largest absolute Gasteiger partial charge is 0.507 e. The molecule has 4 fully saturated rings. The molecule has 12 rings (SSSR count). The van der Waals surface area contributed by atoms with Gasteiger partial charge in [-0.3, -0.25) is 38.6 Å². The second-order valence-electron chi connectivity index (χ2n) is 22.0. The molecule has 0 radical (unpaired) electrons. The molecular formula is C57H58N2O22. The lowest BCUT2D eigenvalue weighted by Gasteiger charge is -2.46. The molecule has 428 valence electrons. The SMILES string of the molecule is COc1cccc2c1C(=O)c1c(O)c3c(c(O)c1C2=O)C[C@@](O)(C(=O)CO)C[C@@H]3O[C@H]1CC2C(OCN3CN2COC2C3C[C@H](O[C@H]3C[C@](O)(C(=O)CO)Cc4c(O)c5c(c(O)c43)C(=O)c3c(OC)cccc3C5=O)O[C@@H]2C)[C@H](C)O1. The maximum absolute atomic E-state index is 14.3. The molecular weight excluding hydrogens is 1060 g/mol. The molecule has 0 aromatic heterocycles. The number of benzene rings is 4. The Labute approximate surface area is 460 Å². The quantitative estimate of drug-likeness (QED) is 0.0904. The molecule has 24 heteroatoms. The Kier molecular flexibility index (Phi) is 13.5. The average molecular weight is 1120 g/mol. The van der Waals surface area contributed by atoms with Gasteiger partial charge in [0, 0.05) is 84.0 Å². The highest BCUT2D eigenvalue weighted by Crippen LogP contribution is 2.55. The summed E-state index contributed by atoms with van der Waals surface area (Å²) in [5.74, 6) is -8.20. The summed E-state index contributed by atoms with van der Waals surface area (Å²) in [5, 5.41) is 91.9. The predicted octanol–water partition coefficient (Wildman–Crippen LogP) is 1.65. The van der Waals surface area contributed by atoms with Crippen molar-refractivity contribution in [2.45, 2.75) is 125 Å². The zero-order valence-corrected chi connectivity index (χ0v) is 44.2. The van der Waals surface area contributed by atoms with Crippen LogP contribution in [0.2, 0.25) is 0 Å². The molecule has 6 unspecified atom stereocenters. The summed E-state index contributed by atoms with van der Waals surface area (Å²) in [6.45, 7) is 1.56. The number of aromatic hydroxyl groups is 4. The summed E-state index contributed by atoms with van der Waals surface area (Å²) in [4.78, 5) is 87.2. The minimum absolute atomic E-state index is 0.0188. The number of carbonyl (C=O) groups excluding carboxylic acids is 6. The Morgan fingerprint density at radius 3 is 1.33 bits per heavy atom. The Morgan fingerprint density at radius 1 is 0.580 bits per heavy atom. The third-order valence-corrected chi connectivity index (χ3v) is 17.6. The maximum Gasteiger partial charge on any atom is 0.202 e. The van der Waals surface area contributed by atoms with Gasteiger partial charge in [0.05, 0.1) is 78.7 Å². The van der Waals surface area contributed by atoms with Gasteiger partial charge in [-0.25, -0.2) is 0 Å². The van der Waals surface area contributed by atoms with E-state index >= 15 is 0 Å². The van der Waals surface area contributed by atoms with Crippen LogP contribution in [0, 0.1) is 0 Å². The number of hydrogen-bond donors (Lipinski definition) is 8. The van der Waals surface area contributed by atoms with Crippen molar-refractivity contribution >= 4 is 34.7 Å². The van der Waals surface area contributed by atoms with E-state index in [0.29, 0.717) is 0 Å². The summed E-state index contributed by atoms with van der Waals surface area (Å²) < 4.78 is 50.2. The summed E-state index contributed by atoms with van der Waals surface area (Å²) in [5.41, 5.74) is -8.18. The molecule has 0 spiro atoms. The third kappa shape index (κ3) is 8.32. The van der Waals surface area contributed by atoms with Crippen LogP contribution in [-0.4, -0.2) is 193 Å². The van der Waals surface area contributed by atoms with Gasteiger partial charge in [-0.1, -0.05) is 24.3 Å². The number of hydrogen-bond acceptors (Lipinski definition) is 24. The van der Waals surface area contributed by atoms with Gasteiger partial charge < -0.3 is 78.7 Å². The van der Waals surface area contributed by atoms with Crippen molar-refractivity contribution in [3.63, 3.8) is 0 Å². The van der Waals surface area contributed by atoms with Crippen molar-refractivity contribution in [1.82, 2.24) is 9.80 Å². The standard InChI is InChI=1S/C57H58N2O22/c1-22-54-28(11-36(78-22)80-32-15-56(72,34(62)17-60)13-26-40(32)52(70)44-42(48(26)66)46(64)24-7-5-9-30(74-3)38(24)50(44)68)58-19-59(20-76-54)29-12-37(79-23(2)55(29)77-21-58)81-33-16-57(73,35(63)18-61)14-27-41(33)53(71)45-43(49(27)67)47(65)25-8-6-10-31(75-4)39(25)51(45)69/h5-10,22-23,28-29,32-33,36-37,54-55,60-61,66-67,70-73H,11-21H2,1-4H3/t22-,23+,28?,29?,32-,33-,36-,37-,54?,55?,56-,57-/m0/s1. The number of phenols is 4. The lowest BCUT2D eigenvalue weighted by atomic mass is 9.72. The molecule has 0 saturated carbocycles. The van der Waals surface area contributed by atoms with Crippen LogP contribution in [0.15, 0.2) is 36.4 Å². The first kappa shape index (κ1) is 54.8. The van der Waals surface area contributed by atoms with Gasteiger partial charge in [0.2, 0.25) is 11.6 Å². The van der Waals surface area contributed by atoms with Crippen molar-refractivity contribution < 1.29 is 108 Å². The number of methoxy groups -OCH3 is 2. The molecule has 14 atom stereocenters. The van der Waals surface area contributed by atoms with E-state index < -0.39 is 191 Å². The number of aliphatic hydroxyl groups excluding tert-OH is 2. The fourth-order valence-corrected chi connectivity index (χ4v) is 13.6. The summed E-state index contributed by atoms with van der Waals surface area (Å²) >= 11 is 0. The van der Waals surface area contributed by atoms with Gasteiger partial charge in [0.1, 0.15) is 84.6 Å². The highest BCUT2D eigenvalue weighted by atomic mass is 16.7. The predicted molar refractivity (Wildman–Crippen MR) is 271 cm³/mol. The van der Waals surface area contributed by atoms with E-state index in [0.717, 1.165) is 0 Å². The Hall–Kier alpha value is -6.78. The van der Waals surface area contributed by atoms with Crippen molar-refractivity contribution in [3.8, 4) is 34.5 Å². The van der Waals surface area contributed by atoms with Crippen molar-refractivity contribution in [1.29, 1.82) is 0 Å². The highest BCUT2D eigenvalue weighted by molar-refractivity contribution is 6.32. The Balaban J connectivity index is 0.823. The number of fused-ring (bicyclic) bond motifs is 12. The lowest BCUT2D eigenvalue weighted by Crippen LogP contribution is -2.57. The van der Waals surface area contributed by atoms with Crippen LogP contribution in [-0.2, 0) is 50.9 Å². The first-order valence-electron chi connectivity index (χ1n) is 26.5. The Bertz CT molecular complexity index is 3180. The highest BCUT2D eigenvalue weighted by Gasteiger charge is 2.55. The van der Waals surface area contributed by atoms with Crippen LogP contribution >= 0.6 is 0 Å². The molecule has 0 amide bonds. The minimum Gasteiger partial charge on any atom is -0.507 e. The van der Waals surface area contributed by atoms with Crippen molar-refractivity contribution in [2.75, 3.05) is 47.6 Å². The molecule has 4 aromatic carbocycles. The number of rotatable bonds is 10. The first-order chi connectivity index (χ1) is 38.7. The van der Waals surface area contributed by atoms with Gasteiger partial charge >= 0.3 is 0 Å². The molecule has 4 saturated heterocycles. The van der Waals surface area contributed by atoms with E-state index in [9.17, 15) is 69.6 Å². The number of ether oxygens (including phenoxy) is 8. The monoisotopic (exact) mass is 1120 g/mol. The second-order valence-corrected chi connectivity index (χ2v) is 22.0. The molecule has 8 aliphatic rings. The topological polar surface area (TPSA) is 345 Å². The first-order valence-corrected chi connectivity index (χ1v) is 26.5. The molecule has 81 heavy (non-hydrogen) atoms. The van der Waals surface area contributed by atoms with Crippen molar-refractivity contribution in [2.24, 2.45) is 0 Å². The fraction of sp³-hybridized carbons (Fsp3) is 0.474. The van der Waals surface area contributed by atoms with Gasteiger partial charge in [0.25, 0.3) is 0 Å². The minimum atomic E-state index is -2.38. The summed E-state index contributed by atoms with van der Waals surface area (Å²) in [6, 6.07) is 7.60. The number of carbonyl (C=O) groups is 6. The summed E-state index contributed by atoms with van der Waals surface area (Å²) in [6.07, 6.45) is -10.3. The van der Waals surface area contributed by atoms with Crippen molar-refractivity contribution in [3.05, 3.63) is 103 Å². The smallest absolute Gasteiger partial charge is 0.202 e. The number of aliphatic hydroxyl groups is 4. The van der Waals surface area contributed by atoms with Crippen LogP contribution in [0.4, 0.5) is 0 Å². The molecule has 4 aliphatic carbocycles. The normalized spacial score (nSPS) is 32.7. The van der Waals surface area contributed by atoms with E-state index in [4.69, 9.17) is 37.9 Å². The lowest BCUT2D eigenvalue weighted by molar-refractivity contribution is -0.280. The average Bonchev–Trinajstić information content (AvgIpc) is 2.41. The maximum atomic E-state index is 14.3. The van der Waals surface area contributed by atoms with Crippen LogP contribution in [0.3, 0.4) is 0 Å². The van der Waals surface area contributed by atoms with E-state index in [-0.39, 0.29) is 89.0 Å². The second kappa shape index (κ2) is 20.0. The van der Waals surface area contributed by atoms with Crippen LogP contribution in [0.5, 0.6) is 34.5 Å². The zero-order chi connectivity index (χ0) is 57.5. The van der Waals surface area contributed by atoms with E-state index in [1.165, 1.54) is 50.6 Å². The Morgan fingerprint density at radius 2 is 0.963 bits per heavy atom. The third-order valence-electron chi connectivity index (χ3n) is 17.6. The molecule has 4 aromatic rings. The van der Waals surface area contributed by atoms with E-state index in [1.54, 1.807) is 13.8 Å². The van der Waals surface area contributed by atoms with E-state index in [1.807, 2.05) is 9.80 Å². The van der Waals surface area contributed by atoms with E-state index in [2.05, 4.69) is 0 Å². The molecule has 4 aliphatic heterocycles. The molecule has 8 N–H and O–H groups in total. The number of ketones is 6. The van der Waals surface area contributed by atoms with Crippen LogP contribution in [0.1, 0.15) is 138 Å². The number of phenolic OH excluding ortho intramolecular Hbond substituents is 4. The molecule has 2 bridgehead atoms. The molecule has 4 heterocycles. The number of nitrogens with zero attached hydrogens (tertiary/aromatic N) is 2.